The molecule has 0 unspecified atom stereocenters. The van der Waals surface area contributed by atoms with E-state index in [0.29, 0.717) is 28.3 Å². The van der Waals surface area contributed by atoms with E-state index in [1.807, 2.05) is 4.57 Å². The van der Waals surface area contributed by atoms with Crippen molar-refractivity contribution < 1.29 is 17.6 Å². The molecule has 0 bridgehead atoms. The van der Waals surface area contributed by atoms with Crippen molar-refractivity contribution in [3.05, 3.63) is 64.4 Å². The molecule has 1 aliphatic carbocycles. The molecule has 0 atom stereocenters. The molecule has 8 nitrogen and oxygen atoms in total. The van der Waals surface area contributed by atoms with Gasteiger partial charge in [0.25, 0.3) is 5.89 Å². The highest BCUT2D eigenvalue weighted by Gasteiger charge is 2.31. The minimum atomic E-state index is -2.85. The van der Waals surface area contributed by atoms with Gasteiger partial charge in [0.05, 0.1) is 28.8 Å². The number of imidazole rings is 1. The van der Waals surface area contributed by atoms with Crippen molar-refractivity contribution in [1.29, 1.82) is 0 Å². The minimum absolute atomic E-state index is 0.0555. The van der Waals surface area contributed by atoms with Crippen molar-refractivity contribution in [3.8, 4) is 11.5 Å². The van der Waals surface area contributed by atoms with Crippen LogP contribution in [0.3, 0.4) is 0 Å². The zero-order valence-electron chi connectivity index (χ0n) is 19.5. The van der Waals surface area contributed by atoms with E-state index >= 15 is 0 Å². The number of halogens is 3. The molecule has 1 saturated carbocycles. The third-order valence-electron chi connectivity index (χ3n) is 7.40. The van der Waals surface area contributed by atoms with Crippen LogP contribution in [0.2, 0.25) is 0 Å². The summed E-state index contributed by atoms with van der Waals surface area (Å²) < 4.78 is 48.0. The monoisotopic (exact) mass is 498 g/mol. The summed E-state index contributed by atoms with van der Waals surface area (Å²) in [4.78, 5) is 20.5. The molecule has 1 aromatic carbocycles. The Hall–Kier alpha value is -3.47. The van der Waals surface area contributed by atoms with Crippen molar-refractivity contribution in [2.75, 3.05) is 13.1 Å². The Morgan fingerprint density at radius 3 is 2.44 bits per heavy atom. The summed E-state index contributed by atoms with van der Waals surface area (Å²) in [5.74, 6) is -1.23. The van der Waals surface area contributed by atoms with E-state index in [-0.39, 0.29) is 24.2 Å². The smallest absolute Gasteiger partial charge is 0.329 e. The predicted molar refractivity (Wildman–Crippen MR) is 125 cm³/mol. The van der Waals surface area contributed by atoms with Crippen LogP contribution in [0.15, 0.2) is 45.7 Å². The summed E-state index contributed by atoms with van der Waals surface area (Å²) in [5.41, 5.74) is 1.98. The van der Waals surface area contributed by atoms with Crippen molar-refractivity contribution in [1.82, 2.24) is 29.2 Å². The Bertz CT molecular complexity index is 1430. The Morgan fingerprint density at radius 1 is 1.00 bits per heavy atom. The summed E-state index contributed by atoms with van der Waals surface area (Å²) in [6.07, 6.45) is 4.15. The van der Waals surface area contributed by atoms with E-state index in [1.54, 1.807) is 22.8 Å². The first-order valence-electron chi connectivity index (χ1n) is 12.2. The van der Waals surface area contributed by atoms with E-state index in [2.05, 4.69) is 20.1 Å². The summed E-state index contributed by atoms with van der Waals surface area (Å²) in [6.45, 7) is 2.06. The molecule has 11 heteroatoms. The molecule has 4 heterocycles. The summed E-state index contributed by atoms with van der Waals surface area (Å²) in [7, 11) is 0. The summed E-state index contributed by atoms with van der Waals surface area (Å²) in [5, 5.41) is 6.95. The van der Waals surface area contributed by atoms with Crippen LogP contribution in [0, 0.1) is 5.82 Å². The van der Waals surface area contributed by atoms with Crippen LogP contribution < -0.4 is 5.69 Å². The topological polar surface area (TPSA) is 82.0 Å². The highest BCUT2D eigenvalue weighted by molar-refractivity contribution is 5.76. The number of aromatic nitrogens is 5. The molecule has 0 radical (unpaired) electrons. The molecule has 0 amide bonds. The maximum absolute atomic E-state index is 14.2. The minimum Gasteiger partial charge on any atom is -0.415 e. The predicted octanol–water partition coefficient (Wildman–Crippen LogP) is 4.56. The number of nitrogens with zero attached hydrogens (tertiary/aromatic N) is 6. The van der Waals surface area contributed by atoms with Crippen molar-refractivity contribution in [2.24, 2.45) is 0 Å². The number of fused-ring (bicyclic) bond motifs is 1. The molecule has 188 valence electrons. The van der Waals surface area contributed by atoms with Gasteiger partial charge in [0.2, 0.25) is 5.89 Å². The lowest BCUT2D eigenvalue weighted by Crippen LogP contribution is -2.46. The molecular formula is C25H25F3N6O2. The molecule has 6 rings (SSSR count). The van der Waals surface area contributed by atoms with Gasteiger partial charge in [-0.15, -0.1) is 10.2 Å². The van der Waals surface area contributed by atoms with Crippen LogP contribution in [0.25, 0.3) is 22.5 Å². The van der Waals surface area contributed by atoms with Gasteiger partial charge in [0, 0.05) is 31.4 Å². The molecule has 2 fully saturated rings. The zero-order chi connectivity index (χ0) is 24.8. The maximum Gasteiger partial charge on any atom is 0.329 e. The number of likely N-dealkylation sites (tertiary alicyclic amines) is 1. The molecule has 3 aromatic heterocycles. The van der Waals surface area contributed by atoms with E-state index in [9.17, 15) is 18.0 Å². The van der Waals surface area contributed by atoms with Crippen molar-refractivity contribution >= 4 is 11.0 Å². The van der Waals surface area contributed by atoms with E-state index in [0.717, 1.165) is 25.9 Å². The van der Waals surface area contributed by atoms with Gasteiger partial charge >= 0.3 is 12.1 Å². The van der Waals surface area contributed by atoms with Gasteiger partial charge < -0.3 is 9.32 Å². The van der Waals surface area contributed by atoms with Crippen molar-refractivity contribution in [3.63, 3.8) is 0 Å². The molecular weight excluding hydrogens is 473 g/mol. The number of piperidine rings is 1. The quantitative estimate of drug-likeness (QED) is 0.388. The fraction of sp³-hybridized carbons (Fsp3) is 0.440. The Balaban J connectivity index is 1.28. The third-order valence-corrected chi connectivity index (χ3v) is 7.40. The highest BCUT2D eigenvalue weighted by atomic mass is 19.3. The van der Waals surface area contributed by atoms with Gasteiger partial charge in [-0.1, -0.05) is 6.42 Å². The van der Waals surface area contributed by atoms with Crippen molar-refractivity contribution in [2.45, 2.75) is 57.2 Å². The first-order chi connectivity index (χ1) is 17.5. The Morgan fingerprint density at radius 2 is 1.81 bits per heavy atom. The molecule has 1 saturated heterocycles. The third kappa shape index (κ3) is 4.11. The number of hydrogen-bond donors (Lipinski definition) is 0. The maximum atomic E-state index is 14.2. The number of benzene rings is 1. The number of pyridine rings is 1. The van der Waals surface area contributed by atoms with Gasteiger partial charge in [0.15, 0.2) is 0 Å². The molecule has 1 aliphatic heterocycles. The lowest BCUT2D eigenvalue weighted by Gasteiger charge is -2.42. The van der Waals surface area contributed by atoms with Crippen LogP contribution in [0.1, 0.15) is 56.2 Å². The van der Waals surface area contributed by atoms with Gasteiger partial charge in [0.1, 0.15) is 5.82 Å². The molecule has 2 aliphatic rings. The number of hydrogen-bond acceptors (Lipinski definition) is 6. The van der Waals surface area contributed by atoms with Crippen LogP contribution in [0.5, 0.6) is 0 Å². The molecule has 4 aromatic rings. The Kier molecular flexibility index (Phi) is 5.87. The second kappa shape index (κ2) is 9.20. The zero-order valence-corrected chi connectivity index (χ0v) is 19.5. The summed E-state index contributed by atoms with van der Waals surface area (Å²) in [6, 6.07) is 8.46. The van der Waals surface area contributed by atoms with Gasteiger partial charge in [-0.25, -0.2) is 9.18 Å². The first kappa shape index (κ1) is 23.0. The van der Waals surface area contributed by atoms with Gasteiger partial charge in [-0.2, -0.15) is 8.78 Å². The number of alkyl halides is 2. The van der Waals surface area contributed by atoms with Gasteiger partial charge in [-0.05, 0) is 56.0 Å². The van der Waals surface area contributed by atoms with Crippen LogP contribution in [0.4, 0.5) is 13.2 Å². The second-order valence-electron chi connectivity index (χ2n) is 9.51. The SMILES string of the molecule is O=c1n(Cc2ccc(-c3nnc(C(F)F)o3)cn2)c2cc(F)ccc2n1C1CCN(C2CCC2)CC1. The second-order valence-corrected chi connectivity index (χ2v) is 9.51. The normalized spacial score (nSPS) is 17.8. The number of rotatable bonds is 6. The Labute approximate surface area is 204 Å². The van der Waals surface area contributed by atoms with Crippen LogP contribution in [-0.4, -0.2) is 48.3 Å². The van der Waals surface area contributed by atoms with Crippen LogP contribution >= 0.6 is 0 Å². The molecule has 36 heavy (non-hydrogen) atoms. The van der Waals surface area contributed by atoms with E-state index in [1.165, 1.54) is 37.6 Å². The fourth-order valence-corrected chi connectivity index (χ4v) is 5.27. The molecule has 0 N–H and O–H groups in total. The largest absolute Gasteiger partial charge is 0.415 e. The standard InChI is InChI=1S/C25H25F3N6O2/c26-16-5-7-20-21(12-16)33(25(35)34(20)19-8-10-32(11-9-19)18-2-1-3-18)14-17-6-4-15(13-29-17)23-30-31-24(36-23)22(27)28/h4-7,12-13,18-19,22H,1-3,8-11,14H2. The van der Waals surface area contributed by atoms with E-state index in [4.69, 9.17) is 4.42 Å². The highest BCUT2D eigenvalue weighted by Crippen LogP contribution is 2.32. The average Bonchev–Trinajstić information content (AvgIpc) is 3.43. The summed E-state index contributed by atoms with van der Waals surface area (Å²) >= 11 is 0. The van der Waals surface area contributed by atoms with E-state index < -0.39 is 18.1 Å². The van der Waals surface area contributed by atoms with Crippen LogP contribution in [-0.2, 0) is 6.54 Å². The fourth-order valence-electron chi connectivity index (χ4n) is 5.27. The lowest BCUT2D eigenvalue weighted by molar-refractivity contribution is 0.0867. The lowest BCUT2D eigenvalue weighted by atomic mass is 9.89. The van der Waals surface area contributed by atoms with Gasteiger partial charge in [-0.3, -0.25) is 14.1 Å². The first-order valence-corrected chi connectivity index (χ1v) is 12.2. The average molecular weight is 499 g/mol. The molecule has 0 spiro atoms.